The van der Waals surface area contributed by atoms with Gasteiger partial charge in [0.05, 0.1) is 11.0 Å². The van der Waals surface area contributed by atoms with Crippen LogP contribution in [0.5, 0.6) is 0 Å². The van der Waals surface area contributed by atoms with Gasteiger partial charge >= 0.3 is 5.69 Å². The first kappa shape index (κ1) is 15.3. The van der Waals surface area contributed by atoms with E-state index in [0.717, 1.165) is 6.07 Å². The van der Waals surface area contributed by atoms with Crippen LogP contribution >= 0.6 is 0 Å². The van der Waals surface area contributed by atoms with E-state index in [-0.39, 0.29) is 12.2 Å². The summed E-state index contributed by atoms with van der Waals surface area (Å²) < 4.78 is 22.6. The van der Waals surface area contributed by atoms with Crippen molar-refractivity contribution in [3.8, 4) is 0 Å². The summed E-state index contributed by atoms with van der Waals surface area (Å²) in [5, 5.41) is 27.7. The van der Waals surface area contributed by atoms with Crippen LogP contribution in [-0.4, -0.2) is 31.1 Å². The van der Waals surface area contributed by atoms with Gasteiger partial charge in [-0.15, -0.1) is 0 Å². The molecule has 1 atom stereocenters. The smallest absolute Gasteiger partial charge is 0.312 e. The Morgan fingerprint density at radius 3 is 2.63 bits per heavy atom. The number of nitrogens with two attached hydrogens (primary N) is 1. The van der Waals surface area contributed by atoms with E-state index in [0.29, 0.717) is 6.42 Å². The molecule has 0 amide bonds. The highest BCUT2D eigenvalue weighted by molar-refractivity contribution is 7.89. The fraction of sp³-hybridized carbons (Fsp3) is 0.400. The first-order chi connectivity index (χ1) is 8.73. The van der Waals surface area contributed by atoms with Gasteiger partial charge in [0.1, 0.15) is 5.69 Å². The van der Waals surface area contributed by atoms with Crippen molar-refractivity contribution in [2.24, 2.45) is 5.14 Å². The molecular weight excluding hydrogens is 274 g/mol. The van der Waals surface area contributed by atoms with Crippen molar-refractivity contribution in [2.45, 2.75) is 24.3 Å². The molecule has 0 bridgehead atoms. The Bertz CT molecular complexity index is 571. The summed E-state index contributed by atoms with van der Waals surface area (Å²) in [7, 11) is -4.17. The van der Waals surface area contributed by atoms with E-state index in [1.165, 1.54) is 12.1 Å². The molecule has 4 N–H and O–H groups in total. The number of nitrogens with zero attached hydrogens (tertiary/aromatic N) is 1. The number of anilines is 1. The lowest BCUT2D eigenvalue weighted by molar-refractivity contribution is -0.386. The average Bonchev–Trinajstić information content (AvgIpc) is 2.26. The fourth-order valence-electron chi connectivity index (χ4n) is 1.50. The molecule has 0 spiro atoms. The minimum absolute atomic E-state index is 0.0529. The fourth-order valence-corrected chi connectivity index (χ4v) is 2.22. The molecule has 0 aliphatic heterocycles. The van der Waals surface area contributed by atoms with Crippen molar-refractivity contribution in [1.29, 1.82) is 0 Å². The van der Waals surface area contributed by atoms with E-state index >= 15 is 0 Å². The van der Waals surface area contributed by atoms with Gasteiger partial charge in [0.15, 0.2) is 4.90 Å². The van der Waals surface area contributed by atoms with E-state index in [9.17, 15) is 18.5 Å². The Morgan fingerprint density at radius 1 is 1.53 bits per heavy atom. The van der Waals surface area contributed by atoms with E-state index in [1.54, 1.807) is 6.92 Å². The molecule has 9 heteroatoms. The van der Waals surface area contributed by atoms with Gasteiger partial charge in [0.2, 0.25) is 10.0 Å². The molecule has 1 aromatic carbocycles. The summed E-state index contributed by atoms with van der Waals surface area (Å²) in [6.45, 7) is 1.85. The van der Waals surface area contributed by atoms with Crippen LogP contribution in [0, 0.1) is 10.1 Å². The minimum atomic E-state index is -4.17. The number of aliphatic hydroxyl groups excluding tert-OH is 1. The molecule has 0 aliphatic rings. The van der Waals surface area contributed by atoms with Crippen molar-refractivity contribution >= 4 is 21.4 Å². The highest BCUT2D eigenvalue weighted by Gasteiger charge is 2.26. The second-order valence-electron chi connectivity index (χ2n) is 4.02. The first-order valence-electron chi connectivity index (χ1n) is 5.45. The first-order valence-corrected chi connectivity index (χ1v) is 7.00. The summed E-state index contributed by atoms with van der Waals surface area (Å²) in [4.78, 5) is 9.64. The standard InChI is InChI=1S/C10H15N3O5S/c1-7(14)5-6-12-8-3-2-4-9(19(11,17)18)10(8)13(15)16/h2-4,7,12,14H,5-6H2,1H3,(H2,11,17,18). The zero-order valence-electron chi connectivity index (χ0n) is 10.2. The van der Waals surface area contributed by atoms with Crippen LogP contribution in [0.1, 0.15) is 13.3 Å². The third kappa shape index (κ3) is 4.16. The maximum absolute atomic E-state index is 11.3. The van der Waals surface area contributed by atoms with Crippen LogP contribution in [0.2, 0.25) is 0 Å². The Balaban J connectivity index is 3.15. The summed E-state index contributed by atoms with van der Waals surface area (Å²) in [5.74, 6) is 0. The number of rotatable bonds is 6. The topological polar surface area (TPSA) is 136 Å². The van der Waals surface area contributed by atoms with E-state index < -0.39 is 31.6 Å². The van der Waals surface area contributed by atoms with Crippen molar-refractivity contribution < 1.29 is 18.4 Å². The SMILES string of the molecule is CC(O)CCNc1cccc(S(N)(=O)=O)c1[N+](=O)[O-]. The summed E-state index contributed by atoms with van der Waals surface area (Å²) >= 11 is 0. The molecule has 19 heavy (non-hydrogen) atoms. The van der Waals surface area contributed by atoms with E-state index in [4.69, 9.17) is 10.2 Å². The number of sulfonamides is 1. The van der Waals surface area contributed by atoms with Gasteiger partial charge in [0, 0.05) is 6.54 Å². The maximum atomic E-state index is 11.3. The zero-order chi connectivity index (χ0) is 14.6. The molecule has 0 saturated heterocycles. The largest absolute Gasteiger partial charge is 0.393 e. The van der Waals surface area contributed by atoms with Crippen LogP contribution in [-0.2, 0) is 10.0 Å². The van der Waals surface area contributed by atoms with Crippen LogP contribution in [0.25, 0.3) is 0 Å². The number of hydrogen-bond acceptors (Lipinski definition) is 6. The van der Waals surface area contributed by atoms with Gasteiger partial charge in [-0.25, -0.2) is 13.6 Å². The van der Waals surface area contributed by atoms with Gasteiger partial charge in [-0.05, 0) is 25.5 Å². The van der Waals surface area contributed by atoms with Crippen molar-refractivity contribution in [2.75, 3.05) is 11.9 Å². The number of benzene rings is 1. The second kappa shape index (κ2) is 5.95. The second-order valence-corrected chi connectivity index (χ2v) is 5.55. The normalized spacial score (nSPS) is 13.0. The van der Waals surface area contributed by atoms with Crippen molar-refractivity contribution in [1.82, 2.24) is 0 Å². The van der Waals surface area contributed by atoms with Gasteiger partial charge in [-0.2, -0.15) is 0 Å². The van der Waals surface area contributed by atoms with E-state index in [1.807, 2.05) is 0 Å². The number of hydrogen-bond donors (Lipinski definition) is 3. The number of aliphatic hydroxyl groups is 1. The molecular formula is C10H15N3O5S. The van der Waals surface area contributed by atoms with E-state index in [2.05, 4.69) is 5.32 Å². The number of primary sulfonamides is 1. The molecule has 8 nitrogen and oxygen atoms in total. The van der Waals surface area contributed by atoms with Crippen LogP contribution in [0.4, 0.5) is 11.4 Å². The molecule has 106 valence electrons. The Morgan fingerprint density at radius 2 is 2.16 bits per heavy atom. The Labute approximate surface area is 110 Å². The van der Waals surface area contributed by atoms with Crippen molar-refractivity contribution in [3.05, 3.63) is 28.3 Å². The highest BCUT2D eigenvalue weighted by atomic mass is 32.2. The summed E-state index contributed by atoms with van der Waals surface area (Å²) in [5.41, 5.74) is -0.534. The predicted octanol–water partition coefficient (Wildman–Crippen LogP) is 0.425. The lowest BCUT2D eigenvalue weighted by Crippen LogP contribution is -2.16. The molecule has 0 aromatic heterocycles. The number of nitro benzene ring substituents is 1. The monoisotopic (exact) mass is 289 g/mol. The highest BCUT2D eigenvalue weighted by Crippen LogP contribution is 2.31. The van der Waals surface area contributed by atoms with Gasteiger partial charge in [-0.3, -0.25) is 10.1 Å². The Hall–Kier alpha value is -1.71. The summed E-state index contributed by atoms with van der Waals surface area (Å²) in [6.07, 6.45) is -0.190. The van der Waals surface area contributed by atoms with Crippen LogP contribution in [0.3, 0.4) is 0 Å². The number of para-hydroxylation sites is 1. The molecule has 0 heterocycles. The molecule has 1 rings (SSSR count). The molecule has 0 saturated carbocycles. The summed E-state index contributed by atoms with van der Waals surface area (Å²) in [6, 6.07) is 3.82. The van der Waals surface area contributed by atoms with Gasteiger partial charge in [-0.1, -0.05) is 6.07 Å². The molecule has 1 aromatic rings. The average molecular weight is 289 g/mol. The zero-order valence-corrected chi connectivity index (χ0v) is 11.1. The Kier molecular flexibility index (Phi) is 4.81. The lowest BCUT2D eigenvalue weighted by Gasteiger charge is -2.10. The van der Waals surface area contributed by atoms with Crippen LogP contribution < -0.4 is 10.5 Å². The molecule has 0 aliphatic carbocycles. The predicted molar refractivity (Wildman–Crippen MR) is 69.3 cm³/mol. The number of nitrogens with one attached hydrogen (secondary N) is 1. The minimum Gasteiger partial charge on any atom is -0.393 e. The van der Waals surface area contributed by atoms with Crippen molar-refractivity contribution in [3.63, 3.8) is 0 Å². The third-order valence-corrected chi connectivity index (χ3v) is 3.31. The third-order valence-electron chi connectivity index (χ3n) is 2.37. The molecule has 0 fully saturated rings. The molecule has 0 radical (unpaired) electrons. The maximum Gasteiger partial charge on any atom is 0.312 e. The lowest BCUT2D eigenvalue weighted by atomic mass is 10.2. The van der Waals surface area contributed by atoms with Crippen LogP contribution in [0.15, 0.2) is 23.1 Å². The quantitative estimate of drug-likeness (QED) is 0.513. The number of nitro groups is 1. The van der Waals surface area contributed by atoms with Gasteiger partial charge in [0.25, 0.3) is 0 Å². The van der Waals surface area contributed by atoms with Gasteiger partial charge < -0.3 is 10.4 Å². The molecule has 1 unspecified atom stereocenters.